The molecule has 1 aromatic heterocycles. The summed E-state index contributed by atoms with van der Waals surface area (Å²) in [5, 5.41) is 2.75. The van der Waals surface area contributed by atoms with Gasteiger partial charge < -0.3 is 0 Å². The van der Waals surface area contributed by atoms with E-state index in [2.05, 4.69) is 15.0 Å². The van der Waals surface area contributed by atoms with Crippen LogP contribution in [0.15, 0.2) is 23.3 Å². The zero-order valence-corrected chi connectivity index (χ0v) is 5.81. The fourth-order valence-electron chi connectivity index (χ4n) is 0.619. The van der Waals surface area contributed by atoms with Gasteiger partial charge in [-0.1, -0.05) is 6.07 Å². The predicted molar refractivity (Wildman–Crippen MR) is 37.7 cm³/mol. The first-order chi connectivity index (χ1) is 5.74. The molecule has 0 unspecified atom stereocenters. The number of aromatic nitrogens is 1. The lowest BCUT2D eigenvalue weighted by Gasteiger charge is -1.91. The zero-order valence-electron chi connectivity index (χ0n) is 5.81. The Morgan fingerprint density at radius 2 is 2.42 bits per heavy atom. The Hall–Kier alpha value is -1.94. The van der Waals surface area contributed by atoms with Crippen LogP contribution in [0.2, 0.25) is 0 Å². The van der Waals surface area contributed by atoms with Gasteiger partial charge in [0.25, 0.3) is 5.91 Å². The van der Waals surface area contributed by atoms with E-state index in [0.29, 0.717) is 0 Å². The molecule has 0 saturated carbocycles. The smallest absolute Gasteiger partial charge is 0.267 e. The van der Waals surface area contributed by atoms with Gasteiger partial charge in [0.2, 0.25) is 5.95 Å². The van der Waals surface area contributed by atoms with Crippen molar-refractivity contribution in [3.63, 3.8) is 0 Å². The molecule has 1 aromatic rings. The molecule has 0 bridgehead atoms. The van der Waals surface area contributed by atoms with Crippen LogP contribution in [0.1, 0.15) is 10.5 Å². The van der Waals surface area contributed by atoms with Crippen molar-refractivity contribution >= 4 is 5.91 Å². The van der Waals surface area contributed by atoms with Gasteiger partial charge in [0, 0.05) is 4.91 Å². The fourth-order valence-corrected chi connectivity index (χ4v) is 0.619. The first-order valence-electron chi connectivity index (χ1n) is 2.96. The standard InChI is InChI=1S/C6H3FN4O/c7-5-3-1-2-4(9-5)6(12)10-11-8/h1-3H. The maximum absolute atomic E-state index is 12.4. The monoisotopic (exact) mass is 166 g/mol. The molecular formula is C6H3FN4O. The molecule has 0 N–H and O–H groups in total. The van der Waals surface area contributed by atoms with E-state index in [1.54, 1.807) is 0 Å². The van der Waals surface area contributed by atoms with Gasteiger partial charge in [-0.05, 0) is 22.8 Å². The quantitative estimate of drug-likeness (QED) is 0.275. The van der Waals surface area contributed by atoms with Gasteiger partial charge in [0.1, 0.15) is 5.69 Å². The molecule has 12 heavy (non-hydrogen) atoms. The summed E-state index contributed by atoms with van der Waals surface area (Å²) in [6.07, 6.45) is 0. The lowest BCUT2D eigenvalue weighted by Crippen LogP contribution is -1.98. The van der Waals surface area contributed by atoms with Gasteiger partial charge in [-0.3, -0.25) is 4.79 Å². The van der Waals surface area contributed by atoms with Gasteiger partial charge in [0.15, 0.2) is 0 Å². The summed E-state index contributed by atoms with van der Waals surface area (Å²) < 4.78 is 12.4. The maximum atomic E-state index is 12.4. The molecule has 0 aliphatic heterocycles. The van der Waals surface area contributed by atoms with E-state index in [-0.39, 0.29) is 5.69 Å². The third kappa shape index (κ3) is 1.77. The third-order valence-electron chi connectivity index (χ3n) is 1.07. The number of carbonyl (C=O) groups excluding carboxylic acids is 1. The van der Waals surface area contributed by atoms with Crippen LogP contribution >= 0.6 is 0 Å². The van der Waals surface area contributed by atoms with Gasteiger partial charge >= 0.3 is 0 Å². The van der Waals surface area contributed by atoms with Gasteiger partial charge in [-0.15, -0.1) is 0 Å². The highest BCUT2D eigenvalue weighted by Crippen LogP contribution is 1.99. The molecule has 0 aromatic carbocycles. The molecular weight excluding hydrogens is 163 g/mol. The number of azide groups is 1. The van der Waals surface area contributed by atoms with E-state index in [9.17, 15) is 9.18 Å². The normalized spacial score (nSPS) is 8.75. The number of nitrogens with zero attached hydrogens (tertiary/aromatic N) is 4. The van der Waals surface area contributed by atoms with Crippen molar-refractivity contribution in [1.29, 1.82) is 0 Å². The van der Waals surface area contributed by atoms with Crippen molar-refractivity contribution in [1.82, 2.24) is 4.98 Å². The topological polar surface area (TPSA) is 78.7 Å². The van der Waals surface area contributed by atoms with Crippen LogP contribution in [0.3, 0.4) is 0 Å². The first kappa shape index (κ1) is 8.16. The van der Waals surface area contributed by atoms with E-state index in [1.165, 1.54) is 12.1 Å². The predicted octanol–water partition coefficient (Wildman–Crippen LogP) is 1.67. The number of carbonyl (C=O) groups is 1. The Bertz CT molecular complexity index is 358. The molecule has 60 valence electrons. The summed E-state index contributed by atoms with van der Waals surface area (Å²) in [6, 6.07) is 3.66. The summed E-state index contributed by atoms with van der Waals surface area (Å²) in [4.78, 5) is 16.2. The minimum atomic E-state index is -0.892. The second-order valence-corrected chi connectivity index (χ2v) is 1.84. The Balaban J connectivity index is 3.03. The van der Waals surface area contributed by atoms with Gasteiger partial charge in [-0.25, -0.2) is 4.98 Å². The van der Waals surface area contributed by atoms with Crippen molar-refractivity contribution < 1.29 is 9.18 Å². The lowest BCUT2D eigenvalue weighted by molar-refractivity contribution is 0.0994. The van der Waals surface area contributed by atoms with Crippen molar-refractivity contribution in [2.24, 2.45) is 5.11 Å². The Labute approximate surface area is 66.5 Å². The molecule has 0 aliphatic carbocycles. The molecule has 5 nitrogen and oxygen atoms in total. The lowest BCUT2D eigenvalue weighted by atomic mass is 10.3. The van der Waals surface area contributed by atoms with Crippen molar-refractivity contribution in [3.8, 4) is 0 Å². The van der Waals surface area contributed by atoms with E-state index in [1.807, 2.05) is 0 Å². The number of rotatable bonds is 1. The van der Waals surface area contributed by atoms with Crippen LogP contribution in [0.5, 0.6) is 0 Å². The highest BCUT2D eigenvalue weighted by Gasteiger charge is 2.04. The van der Waals surface area contributed by atoms with E-state index in [0.717, 1.165) is 6.07 Å². The van der Waals surface area contributed by atoms with Gasteiger partial charge in [0.05, 0.1) is 0 Å². The van der Waals surface area contributed by atoms with Crippen LogP contribution in [0, 0.1) is 5.95 Å². The van der Waals surface area contributed by atoms with Crippen molar-refractivity contribution in [3.05, 3.63) is 40.3 Å². The number of hydrogen-bond acceptors (Lipinski definition) is 2. The number of hydrogen-bond donors (Lipinski definition) is 0. The molecule has 0 radical (unpaired) electrons. The largest absolute Gasteiger partial charge is 0.285 e. The number of pyridine rings is 1. The highest BCUT2D eigenvalue weighted by atomic mass is 19.1. The zero-order chi connectivity index (χ0) is 8.97. The molecule has 0 fully saturated rings. The Morgan fingerprint density at radius 3 is 3.00 bits per heavy atom. The average molecular weight is 166 g/mol. The molecule has 1 rings (SSSR count). The summed E-state index contributed by atoms with van der Waals surface area (Å²) in [6.45, 7) is 0. The van der Waals surface area contributed by atoms with Crippen molar-refractivity contribution in [2.75, 3.05) is 0 Å². The van der Waals surface area contributed by atoms with Crippen LogP contribution in [-0.4, -0.2) is 10.9 Å². The molecule has 1 heterocycles. The second-order valence-electron chi connectivity index (χ2n) is 1.84. The number of amides is 1. The van der Waals surface area contributed by atoms with E-state index >= 15 is 0 Å². The van der Waals surface area contributed by atoms with Crippen LogP contribution in [0.25, 0.3) is 10.4 Å². The van der Waals surface area contributed by atoms with E-state index < -0.39 is 11.9 Å². The third-order valence-corrected chi connectivity index (χ3v) is 1.07. The average Bonchev–Trinajstić information content (AvgIpc) is 2.05. The maximum Gasteiger partial charge on any atom is 0.267 e. The Kier molecular flexibility index (Phi) is 2.35. The van der Waals surface area contributed by atoms with E-state index in [4.69, 9.17) is 5.53 Å². The minimum Gasteiger partial charge on any atom is -0.285 e. The van der Waals surface area contributed by atoms with Crippen LogP contribution < -0.4 is 0 Å². The van der Waals surface area contributed by atoms with Crippen LogP contribution in [-0.2, 0) is 0 Å². The fraction of sp³-hybridized carbons (Fsp3) is 0. The van der Waals surface area contributed by atoms with Crippen molar-refractivity contribution in [2.45, 2.75) is 0 Å². The molecule has 0 saturated heterocycles. The second kappa shape index (κ2) is 3.45. The summed E-state index contributed by atoms with van der Waals surface area (Å²) in [5.74, 6) is -1.68. The summed E-state index contributed by atoms with van der Waals surface area (Å²) in [5.41, 5.74) is 7.68. The van der Waals surface area contributed by atoms with Crippen LogP contribution in [0.4, 0.5) is 4.39 Å². The summed E-state index contributed by atoms with van der Waals surface area (Å²) in [7, 11) is 0. The minimum absolute atomic E-state index is 0.201. The molecule has 0 atom stereocenters. The molecule has 0 spiro atoms. The number of halogens is 1. The summed E-state index contributed by atoms with van der Waals surface area (Å²) >= 11 is 0. The molecule has 6 heteroatoms. The highest BCUT2D eigenvalue weighted by molar-refractivity contribution is 5.92. The van der Waals surface area contributed by atoms with Gasteiger partial charge in [-0.2, -0.15) is 4.39 Å². The molecule has 0 aliphatic rings. The Morgan fingerprint density at radius 1 is 1.67 bits per heavy atom. The first-order valence-corrected chi connectivity index (χ1v) is 2.96. The SMILES string of the molecule is [N-]=[N+]=NC(=O)c1cccc(F)n1. The molecule has 1 amide bonds.